The van der Waals surface area contributed by atoms with Crippen molar-refractivity contribution in [2.45, 2.75) is 43.0 Å². The van der Waals surface area contributed by atoms with Crippen molar-refractivity contribution in [1.82, 2.24) is 0 Å². The normalized spacial score (nSPS) is 15.4. The van der Waals surface area contributed by atoms with Crippen LogP contribution in [-0.2, 0) is 10.1 Å². The number of benzene rings is 3. The van der Waals surface area contributed by atoms with E-state index in [4.69, 9.17) is 9.73 Å². The van der Waals surface area contributed by atoms with E-state index in [0.717, 1.165) is 38.2 Å². The Morgan fingerprint density at radius 1 is 0.786 bits per heavy atom. The van der Waals surface area contributed by atoms with E-state index in [1.165, 1.54) is 6.07 Å². The Labute approximate surface area is 240 Å². The van der Waals surface area contributed by atoms with Crippen LogP contribution in [0.15, 0.2) is 110 Å². The maximum Gasteiger partial charge on any atom is 0.296 e. The lowest BCUT2D eigenvalue weighted by atomic mass is 9.96. The number of ether oxygens (including phenoxy) is 1. The first-order valence-corrected chi connectivity index (χ1v) is 15.1. The van der Waals surface area contributed by atoms with E-state index in [-0.39, 0.29) is 38.0 Å². The van der Waals surface area contributed by atoms with Gasteiger partial charge in [0.05, 0.1) is 27.5 Å². The molecule has 1 fully saturated rings. The molecule has 212 valence electrons. The third-order valence-electron chi connectivity index (χ3n) is 7.44. The average molecular weight is 582 g/mol. The lowest BCUT2D eigenvalue weighted by molar-refractivity contribution is 0.437. The van der Waals surface area contributed by atoms with Gasteiger partial charge in [0.15, 0.2) is 16.6 Å². The summed E-state index contributed by atoms with van der Waals surface area (Å²) in [6.07, 6.45) is 4.54. The van der Waals surface area contributed by atoms with Crippen LogP contribution in [0.3, 0.4) is 0 Å². The van der Waals surface area contributed by atoms with E-state index in [1.807, 2.05) is 18.2 Å². The maximum atomic E-state index is 13.9. The van der Waals surface area contributed by atoms with E-state index in [2.05, 4.69) is 10.5 Å². The van der Waals surface area contributed by atoms with Crippen LogP contribution < -0.4 is 31.7 Å². The summed E-state index contributed by atoms with van der Waals surface area (Å²) in [5, 5.41) is 4.08. The number of rotatable bonds is 6. The van der Waals surface area contributed by atoms with Gasteiger partial charge in [-0.3, -0.25) is 24.6 Å². The van der Waals surface area contributed by atoms with Crippen LogP contribution >= 0.6 is 0 Å². The molecule has 0 aromatic heterocycles. The van der Waals surface area contributed by atoms with Crippen molar-refractivity contribution in [2.75, 3.05) is 5.43 Å². The second kappa shape index (κ2) is 11.3. The first kappa shape index (κ1) is 27.5. The number of hydrogen-bond donors (Lipinski definition) is 2. The van der Waals surface area contributed by atoms with Gasteiger partial charge < -0.3 is 4.74 Å². The molecule has 3 aromatic rings. The van der Waals surface area contributed by atoms with Crippen LogP contribution in [0.4, 0.5) is 5.69 Å². The molecule has 0 atom stereocenters. The van der Waals surface area contributed by atoms with Crippen molar-refractivity contribution >= 4 is 26.6 Å². The van der Waals surface area contributed by atoms with E-state index in [0.29, 0.717) is 17.2 Å². The zero-order valence-corrected chi connectivity index (χ0v) is 23.3. The van der Waals surface area contributed by atoms with Gasteiger partial charge >= 0.3 is 0 Å². The Morgan fingerprint density at radius 2 is 1.40 bits per heavy atom. The zero-order valence-electron chi connectivity index (χ0n) is 22.5. The van der Waals surface area contributed by atoms with Gasteiger partial charge in [-0.25, -0.2) is 0 Å². The van der Waals surface area contributed by atoms with Crippen molar-refractivity contribution < 1.29 is 17.7 Å². The summed E-state index contributed by atoms with van der Waals surface area (Å²) in [6, 6.07) is 23.3. The van der Waals surface area contributed by atoms with Gasteiger partial charge in [0, 0.05) is 10.8 Å². The molecule has 9 nitrogen and oxygen atoms in total. The number of nitrogens with zero attached hydrogens (tertiary/aromatic N) is 2. The van der Waals surface area contributed by atoms with Crippen molar-refractivity contribution in [3.8, 4) is 11.5 Å². The summed E-state index contributed by atoms with van der Waals surface area (Å²) in [7, 11) is -4.90. The standard InChI is InChI=1S/C32H27N3O6S/c36-31-22-15-7-8-16-23(22)32(37)29-28(31)25(33-20-11-3-1-4-12-20)19-27(42(38,39)40)30(29)35-34-24-17-9-10-18-26(24)41-21-13-5-2-6-14-21/h2,5-10,13-20,34H,1,3-4,11-12H2,(H,38,39,40)/b33-25?,35-30+. The van der Waals surface area contributed by atoms with Crippen molar-refractivity contribution in [1.29, 1.82) is 0 Å². The van der Waals surface area contributed by atoms with Crippen molar-refractivity contribution in [2.24, 2.45) is 10.1 Å². The molecule has 0 amide bonds. The van der Waals surface area contributed by atoms with E-state index in [9.17, 15) is 22.6 Å². The van der Waals surface area contributed by atoms with Gasteiger partial charge in [0.1, 0.15) is 16.0 Å². The van der Waals surface area contributed by atoms with E-state index in [1.54, 1.807) is 54.6 Å². The van der Waals surface area contributed by atoms with Gasteiger partial charge in [0.2, 0.25) is 0 Å². The minimum absolute atomic E-state index is 0.0222. The smallest absolute Gasteiger partial charge is 0.296 e. The molecular formula is C32H27N3O6S. The lowest BCUT2D eigenvalue weighted by Gasteiger charge is -2.17. The summed E-state index contributed by atoms with van der Waals surface area (Å²) in [5.74, 6) is 0.945. The monoisotopic (exact) mass is 581 g/mol. The van der Waals surface area contributed by atoms with E-state index < -0.39 is 25.9 Å². The highest BCUT2D eigenvalue weighted by Gasteiger charge is 2.21. The Kier molecular flexibility index (Phi) is 7.40. The molecule has 6 rings (SSSR count). The summed E-state index contributed by atoms with van der Waals surface area (Å²) in [4.78, 5) is 31.9. The highest BCUT2D eigenvalue weighted by atomic mass is 32.2. The molecular weight excluding hydrogens is 554 g/mol. The quantitative estimate of drug-likeness (QED) is 0.225. The third-order valence-corrected chi connectivity index (χ3v) is 8.30. The number of hydrogen-bond acceptors (Lipinski definition) is 8. The van der Waals surface area contributed by atoms with Crippen LogP contribution in [-0.4, -0.2) is 19.0 Å². The fourth-order valence-corrected chi connectivity index (χ4v) is 6.08. The molecule has 3 aliphatic rings. The van der Waals surface area contributed by atoms with Gasteiger partial charge in [-0.2, -0.15) is 13.5 Å². The number of fused-ring (bicyclic) bond motifs is 1. The van der Waals surface area contributed by atoms with Crippen molar-refractivity contribution in [3.05, 3.63) is 127 Å². The highest BCUT2D eigenvalue weighted by Crippen LogP contribution is 2.29. The fraction of sp³-hybridized carbons (Fsp3) is 0.188. The van der Waals surface area contributed by atoms with E-state index >= 15 is 0 Å². The van der Waals surface area contributed by atoms with Gasteiger partial charge in [-0.15, -0.1) is 0 Å². The maximum absolute atomic E-state index is 13.9. The SMILES string of the molecule is O=c1c2c(=NC3CCCCC3)cc(S(=O)(=O)O)/c(=N\Nc3ccccc3Oc3ccccc3)c=2c(=O)c2ccccc12. The van der Waals surface area contributed by atoms with Crippen LogP contribution in [0.1, 0.15) is 32.1 Å². The van der Waals surface area contributed by atoms with Crippen LogP contribution in [0.25, 0.3) is 10.8 Å². The molecule has 0 aliphatic heterocycles. The Bertz CT molecular complexity index is 2200. The van der Waals surface area contributed by atoms with Gasteiger partial charge in [-0.05, 0) is 43.2 Å². The number of anilines is 1. The third kappa shape index (κ3) is 5.34. The first-order chi connectivity index (χ1) is 20.3. The minimum atomic E-state index is -4.90. The highest BCUT2D eigenvalue weighted by molar-refractivity contribution is 7.85. The molecule has 0 saturated heterocycles. The fourth-order valence-electron chi connectivity index (χ4n) is 5.43. The molecule has 3 aromatic carbocycles. The molecule has 2 N–H and O–H groups in total. The van der Waals surface area contributed by atoms with Crippen LogP contribution in [0.5, 0.6) is 11.5 Å². The predicted octanol–water partition coefficient (Wildman–Crippen LogP) is 4.36. The molecule has 0 radical (unpaired) electrons. The summed E-state index contributed by atoms with van der Waals surface area (Å²) in [5.41, 5.74) is 2.13. The topological polar surface area (TPSA) is 134 Å². The summed E-state index contributed by atoms with van der Waals surface area (Å²) >= 11 is 0. The minimum Gasteiger partial charge on any atom is -0.455 e. The van der Waals surface area contributed by atoms with Crippen LogP contribution in [0.2, 0.25) is 0 Å². The second-order valence-corrected chi connectivity index (χ2v) is 11.6. The zero-order chi connectivity index (χ0) is 29.3. The Hall–Kier alpha value is -4.67. The molecule has 3 aliphatic carbocycles. The first-order valence-electron chi connectivity index (χ1n) is 13.7. The molecule has 10 heteroatoms. The predicted molar refractivity (Wildman–Crippen MR) is 159 cm³/mol. The molecule has 0 unspecified atom stereocenters. The van der Waals surface area contributed by atoms with Crippen LogP contribution in [0, 0.1) is 10.4 Å². The van der Waals surface area contributed by atoms with Gasteiger partial charge in [0.25, 0.3) is 10.1 Å². The summed E-state index contributed by atoms with van der Waals surface area (Å²) < 4.78 is 41.8. The number of nitrogens with one attached hydrogen (secondary N) is 1. The molecule has 0 heterocycles. The Morgan fingerprint density at radius 3 is 2.10 bits per heavy atom. The van der Waals surface area contributed by atoms with Gasteiger partial charge in [-0.1, -0.05) is 73.9 Å². The summed E-state index contributed by atoms with van der Waals surface area (Å²) in [6.45, 7) is 0. The molecule has 0 spiro atoms. The second-order valence-electron chi connectivity index (χ2n) is 10.2. The largest absolute Gasteiger partial charge is 0.455 e. The molecule has 1 saturated carbocycles. The average Bonchev–Trinajstić information content (AvgIpc) is 3.00. The number of para-hydroxylation sites is 3. The molecule has 0 bridgehead atoms. The lowest BCUT2D eigenvalue weighted by Crippen LogP contribution is -2.34. The molecule has 42 heavy (non-hydrogen) atoms. The van der Waals surface area contributed by atoms with Crippen molar-refractivity contribution in [3.63, 3.8) is 0 Å². The Balaban J connectivity index is 1.67.